The highest BCUT2D eigenvalue weighted by Gasteiger charge is 2.06. The van der Waals surface area contributed by atoms with Crippen LogP contribution in [-0.2, 0) is 6.54 Å². The second-order valence-corrected chi connectivity index (χ2v) is 5.92. The molecule has 0 spiro atoms. The molecule has 0 saturated carbocycles. The maximum absolute atomic E-state index is 5.97. The van der Waals surface area contributed by atoms with E-state index >= 15 is 0 Å². The first-order chi connectivity index (χ1) is 8.20. The van der Waals surface area contributed by atoms with E-state index in [9.17, 15) is 0 Å². The Balaban J connectivity index is 2.21. The van der Waals surface area contributed by atoms with E-state index in [1.54, 1.807) is 11.3 Å². The van der Waals surface area contributed by atoms with Crippen molar-refractivity contribution in [3.63, 3.8) is 0 Å². The molecule has 1 aromatic carbocycles. The highest BCUT2D eigenvalue weighted by atomic mass is 79.9. The van der Waals surface area contributed by atoms with Crippen LogP contribution >= 0.6 is 38.9 Å². The van der Waals surface area contributed by atoms with Gasteiger partial charge in [0.1, 0.15) is 5.01 Å². The van der Waals surface area contributed by atoms with E-state index in [2.05, 4.69) is 33.2 Å². The van der Waals surface area contributed by atoms with E-state index in [0.29, 0.717) is 0 Å². The molecule has 0 saturated heterocycles. The summed E-state index contributed by atoms with van der Waals surface area (Å²) in [5, 5.41) is 5.03. The van der Waals surface area contributed by atoms with Crippen LogP contribution in [0.25, 0.3) is 10.6 Å². The predicted octanol–water partition coefficient (Wildman–Crippen LogP) is 4.34. The maximum Gasteiger partial charge on any atom is 0.123 e. The second-order valence-electron chi connectivity index (χ2n) is 3.54. The fraction of sp³-hybridized carbons (Fsp3) is 0.250. The van der Waals surface area contributed by atoms with Crippen LogP contribution in [0.15, 0.2) is 28.9 Å². The Hall–Kier alpha value is -0.420. The largest absolute Gasteiger partial charge is 0.312 e. The van der Waals surface area contributed by atoms with Crippen molar-refractivity contribution in [2.24, 2.45) is 0 Å². The zero-order valence-electron chi connectivity index (χ0n) is 9.34. The summed E-state index contributed by atoms with van der Waals surface area (Å²) in [6.45, 7) is 3.95. The van der Waals surface area contributed by atoms with Crippen molar-refractivity contribution < 1.29 is 0 Å². The van der Waals surface area contributed by atoms with Gasteiger partial charge < -0.3 is 5.32 Å². The van der Waals surface area contributed by atoms with E-state index in [1.165, 1.54) is 4.88 Å². The van der Waals surface area contributed by atoms with Crippen LogP contribution in [0, 0.1) is 0 Å². The Kier molecular flexibility index (Phi) is 4.56. The van der Waals surface area contributed by atoms with Gasteiger partial charge in [0, 0.05) is 27.7 Å². The molecule has 1 heterocycles. The molecule has 0 aliphatic heterocycles. The molecule has 0 bridgehead atoms. The van der Waals surface area contributed by atoms with Gasteiger partial charge in [0.2, 0.25) is 0 Å². The molecule has 17 heavy (non-hydrogen) atoms. The lowest BCUT2D eigenvalue weighted by Gasteiger charge is -1.99. The fourth-order valence-corrected chi connectivity index (χ4v) is 2.77. The molecular formula is C12H12BrClN2S. The number of nitrogens with one attached hydrogen (secondary N) is 1. The third kappa shape index (κ3) is 3.28. The van der Waals surface area contributed by atoms with Crippen LogP contribution in [0.3, 0.4) is 0 Å². The first-order valence-corrected chi connectivity index (χ1v) is 7.30. The minimum absolute atomic E-state index is 0.721. The minimum atomic E-state index is 0.721. The van der Waals surface area contributed by atoms with E-state index in [1.807, 2.05) is 24.4 Å². The molecule has 90 valence electrons. The smallest absolute Gasteiger partial charge is 0.123 e. The summed E-state index contributed by atoms with van der Waals surface area (Å²) in [7, 11) is 0. The van der Waals surface area contributed by atoms with Crippen molar-refractivity contribution in [1.29, 1.82) is 0 Å². The van der Waals surface area contributed by atoms with Crippen molar-refractivity contribution in [3.05, 3.63) is 38.8 Å². The van der Waals surface area contributed by atoms with Crippen molar-refractivity contribution in [3.8, 4) is 10.6 Å². The molecule has 2 rings (SSSR count). The molecular weight excluding hydrogens is 320 g/mol. The summed E-state index contributed by atoms with van der Waals surface area (Å²) in [5.41, 5.74) is 1.09. The van der Waals surface area contributed by atoms with Gasteiger partial charge in [-0.1, -0.05) is 24.6 Å². The quantitative estimate of drug-likeness (QED) is 0.901. The van der Waals surface area contributed by atoms with Gasteiger partial charge in [-0.3, -0.25) is 0 Å². The molecule has 0 fully saturated rings. The molecule has 0 atom stereocenters. The lowest BCUT2D eigenvalue weighted by molar-refractivity contribution is 0.734. The number of hydrogen-bond donors (Lipinski definition) is 1. The zero-order chi connectivity index (χ0) is 12.3. The molecule has 2 nitrogen and oxygen atoms in total. The van der Waals surface area contributed by atoms with E-state index in [4.69, 9.17) is 11.6 Å². The van der Waals surface area contributed by atoms with E-state index in [0.717, 1.165) is 33.2 Å². The summed E-state index contributed by atoms with van der Waals surface area (Å²) in [5.74, 6) is 0. The Labute approximate surface area is 118 Å². The van der Waals surface area contributed by atoms with Crippen molar-refractivity contribution in [2.45, 2.75) is 13.5 Å². The van der Waals surface area contributed by atoms with Gasteiger partial charge in [0.25, 0.3) is 0 Å². The molecule has 0 aliphatic carbocycles. The van der Waals surface area contributed by atoms with Crippen LogP contribution in [-0.4, -0.2) is 11.5 Å². The van der Waals surface area contributed by atoms with E-state index < -0.39 is 0 Å². The van der Waals surface area contributed by atoms with Gasteiger partial charge in [-0.15, -0.1) is 11.3 Å². The van der Waals surface area contributed by atoms with Gasteiger partial charge in [0.05, 0.1) is 5.02 Å². The molecule has 1 aromatic heterocycles. The topological polar surface area (TPSA) is 24.9 Å². The molecule has 2 aromatic rings. The van der Waals surface area contributed by atoms with Gasteiger partial charge >= 0.3 is 0 Å². The van der Waals surface area contributed by atoms with Gasteiger partial charge in [-0.25, -0.2) is 4.98 Å². The Morgan fingerprint density at radius 3 is 3.00 bits per heavy atom. The number of thiazole rings is 1. The summed E-state index contributed by atoms with van der Waals surface area (Å²) in [4.78, 5) is 5.67. The number of hydrogen-bond acceptors (Lipinski definition) is 3. The molecule has 0 radical (unpaired) electrons. The first kappa shape index (κ1) is 13.0. The van der Waals surface area contributed by atoms with Crippen molar-refractivity contribution in [2.75, 3.05) is 6.54 Å². The first-order valence-electron chi connectivity index (χ1n) is 5.31. The summed E-state index contributed by atoms with van der Waals surface area (Å²) < 4.78 is 0.903. The van der Waals surface area contributed by atoms with Crippen molar-refractivity contribution in [1.82, 2.24) is 10.3 Å². The normalized spacial score (nSPS) is 10.8. The molecule has 5 heteroatoms. The molecule has 0 unspecified atom stereocenters. The van der Waals surface area contributed by atoms with Gasteiger partial charge in [0.15, 0.2) is 0 Å². The Morgan fingerprint density at radius 2 is 2.29 bits per heavy atom. The highest BCUT2D eigenvalue weighted by Crippen LogP contribution is 2.31. The zero-order valence-corrected chi connectivity index (χ0v) is 12.5. The molecule has 0 aliphatic rings. The Morgan fingerprint density at radius 1 is 1.47 bits per heavy atom. The predicted molar refractivity (Wildman–Crippen MR) is 77.6 cm³/mol. The van der Waals surface area contributed by atoms with Crippen LogP contribution in [0.2, 0.25) is 5.02 Å². The fourth-order valence-electron chi connectivity index (χ4n) is 1.40. The summed E-state index contributed by atoms with van der Waals surface area (Å²) in [6, 6.07) is 5.87. The third-order valence-electron chi connectivity index (χ3n) is 2.27. The SMILES string of the molecule is CCNCc1cnc(-c2ccc(Cl)c(Br)c2)s1. The Bertz CT molecular complexity index is 513. The highest BCUT2D eigenvalue weighted by molar-refractivity contribution is 9.10. The van der Waals surface area contributed by atoms with Crippen LogP contribution < -0.4 is 5.32 Å². The molecule has 0 amide bonds. The summed E-state index contributed by atoms with van der Waals surface area (Å²) in [6.07, 6.45) is 1.92. The van der Waals surface area contributed by atoms with Gasteiger partial charge in [-0.05, 0) is 34.6 Å². The molecule has 1 N–H and O–H groups in total. The van der Waals surface area contributed by atoms with Crippen LogP contribution in [0.1, 0.15) is 11.8 Å². The third-order valence-corrected chi connectivity index (χ3v) is 4.53. The number of halogens is 2. The standard InChI is InChI=1S/C12H12BrClN2S/c1-2-15-6-9-7-16-12(17-9)8-3-4-11(14)10(13)5-8/h3-5,7,15H,2,6H2,1H3. The number of aromatic nitrogens is 1. The number of nitrogens with zero attached hydrogens (tertiary/aromatic N) is 1. The monoisotopic (exact) mass is 330 g/mol. The average Bonchev–Trinajstić information content (AvgIpc) is 2.79. The maximum atomic E-state index is 5.97. The number of benzene rings is 1. The van der Waals surface area contributed by atoms with Gasteiger partial charge in [-0.2, -0.15) is 0 Å². The van der Waals surface area contributed by atoms with Crippen LogP contribution in [0.4, 0.5) is 0 Å². The second kappa shape index (κ2) is 5.96. The lowest BCUT2D eigenvalue weighted by atomic mass is 10.2. The number of rotatable bonds is 4. The van der Waals surface area contributed by atoms with E-state index in [-0.39, 0.29) is 0 Å². The van der Waals surface area contributed by atoms with Crippen molar-refractivity contribution >= 4 is 38.9 Å². The lowest BCUT2D eigenvalue weighted by Crippen LogP contribution is -2.10. The average molecular weight is 332 g/mol. The summed E-state index contributed by atoms with van der Waals surface area (Å²) >= 11 is 11.1. The minimum Gasteiger partial charge on any atom is -0.312 e. The van der Waals surface area contributed by atoms with Crippen LogP contribution in [0.5, 0.6) is 0 Å².